The highest BCUT2D eigenvalue weighted by Gasteiger charge is 2.70. The average Bonchev–Trinajstić information content (AvgIpc) is 3.14. The van der Waals surface area contributed by atoms with Gasteiger partial charge >= 0.3 is 5.97 Å². The maximum absolute atomic E-state index is 10.6. The molecule has 0 aromatic heterocycles. The normalized spacial score (nSPS) is 37.3. The average molecular weight is 319 g/mol. The minimum absolute atomic E-state index is 0.136. The van der Waals surface area contributed by atoms with E-state index >= 15 is 0 Å². The van der Waals surface area contributed by atoms with Gasteiger partial charge in [0.25, 0.3) is 0 Å². The van der Waals surface area contributed by atoms with Crippen LogP contribution in [0, 0.1) is 5.92 Å². The maximum atomic E-state index is 10.6. The molecule has 2 fully saturated rings. The van der Waals surface area contributed by atoms with Crippen molar-refractivity contribution in [3.63, 3.8) is 0 Å². The van der Waals surface area contributed by atoms with Crippen LogP contribution in [-0.2, 0) is 9.53 Å². The number of allylic oxidation sites excluding steroid dienone is 2. The second-order valence-electron chi connectivity index (χ2n) is 6.69. The van der Waals surface area contributed by atoms with Crippen LogP contribution >= 0.6 is 0 Å². The zero-order valence-corrected chi connectivity index (χ0v) is 13.5. The molecule has 2 saturated heterocycles. The van der Waals surface area contributed by atoms with Crippen LogP contribution in [0.3, 0.4) is 0 Å². The third-order valence-corrected chi connectivity index (χ3v) is 5.15. The number of hydrogen-bond donors (Lipinski definition) is 2. The van der Waals surface area contributed by atoms with Crippen LogP contribution in [-0.4, -0.2) is 45.6 Å². The molecule has 4 unspecified atom stereocenters. The van der Waals surface area contributed by atoms with E-state index in [0.717, 1.165) is 18.1 Å². The van der Waals surface area contributed by atoms with Gasteiger partial charge in [0.1, 0.15) is 5.60 Å². The van der Waals surface area contributed by atoms with E-state index in [1.54, 1.807) is 6.08 Å². The van der Waals surface area contributed by atoms with Crippen LogP contribution in [0.15, 0.2) is 36.0 Å². The topological polar surface area (TPSA) is 73.3 Å². The van der Waals surface area contributed by atoms with Gasteiger partial charge in [-0.3, -0.25) is 0 Å². The van der Waals surface area contributed by atoms with Crippen molar-refractivity contribution in [3.05, 3.63) is 36.0 Å². The Morgan fingerprint density at radius 2 is 2.30 bits per heavy atom. The molecule has 5 nitrogen and oxygen atoms in total. The summed E-state index contributed by atoms with van der Waals surface area (Å²) in [6.45, 7) is 2.84. The SMILES string of the molecule is CCCCCCC1CN(O)C2C=CC(=CC=CC(=O)O)C23OC13. The first-order valence-corrected chi connectivity index (χ1v) is 8.53. The molecule has 4 atom stereocenters. The standard InChI is InChI=1S/C18H25NO4/c1-2-3-4-5-7-13-12-19(22)15-11-10-14(8-6-9-16(20)21)18(15)17(13)23-18/h6,8-11,13,15,17,22H,2-5,7,12H2,1H3,(H,20,21). The Morgan fingerprint density at radius 3 is 3.04 bits per heavy atom. The van der Waals surface area contributed by atoms with Crippen LogP contribution in [0.25, 0.3) is 0 Å². The summed E-state index contributed by atoms with van der Waals surface area (Å²) in [4.78, 5) is 10.6. The fourth-order valence-electron chi connectivity index (χ4n) is 4.00. The molecule has 0 radical (unpaired) electrons. The van der Waals surface area contributed by atoms with Crippen LogP contribution in [0.5, 0.6) is 0 Å². The Labute approximate surface area is 136 Å². The third kappa shape index (κ3) is 3.01. The Hall–Kier alpha value is -1.43. The van der Waals surface area contributed by atoms with Crippen LogP contribution in [0.4, 0.5) is 0 Å². The first-order chi connectivity index (χ1) is 11.1. The minimum atomic E-state index is -0.965. The molecule has 2 heterocycles. The first-order valence-electron chi connectivity index (χ1n) is 8.53. The van der Waals surface area contributed by atoms with Gasteiger partial charge in [-0.15, -0.1) is 0 Å². The molecular formula is C18H25NO4. The largest absolute Gasteiger partial charge is 0.478 e. The summed E-state index contributed by atoms with van der Waals surface area (Å²) in [5, 5.41) is 20.4. The predicted octanol–water partition coefficient (Wildman–Crippen LogP) is 2.92. The molecular weight excluding hydrogens is 294 g/mol. The van der Waals surface area contributed by atoms with E-state index in [9.17, 15) is 10.0 Å². The van der Waals surface area contributed by atoms with Gasteiger partial charge in [0, 0.05) is 18.5 Å². The first kappa shape index (κ1) is 16.4. The number of rotatable bonds is 7. The summed E-state index contributed by atoms with van der Waals surface area (Å²) in [7, 11) is 0. The molecule has 0 saturated carbocycles. The summed E-state index contributed by atoms with van der Waals surface area (Å²) in [5.41, 5.74) is 0.493. The number of unbranched alkanes of at least 4 members (excludes halogenated alkanes) is 3. The molecule has 3 aliphatic rings. The van der Waals surface area contributed by atoms with Crippen molar-refractivity contribution in [1.82, 2.24) is 5.06 Å². The van der Waals surface area contributed by atoms with Gasteiger partial charge in [0.2, 0.25) is 0 Å². The molecule has 2 aliphatic heterocycles. The summed E-state index contributed by atoms with van der Waals surface area (Å²) in [5.74, 6) is -0.632. The van der Waals surface area contributed by atoms with Gasteiger partial charge < -0.3 is 15.1 Å². The Bertz CT molecular complexity index is 553. The van der Waals surface area contributed by atoms with Crippen LogP contribution < -0.4 is 0 Å². The lowest BCUT2D eigenvalue weighted by molar-refractivity contribution is -0.141. The lowest BCUT2D eigenvalue weighted by Gasteiger charge is -2.34. The number of piperidine rings is 1. The monoisotopic (exact) mass is 319 g/mol. The predicted molar refractivity (Wildman–Crippen MR) is 86.1 cm³/mol. The van der Waals surface area contributed by atoms with Crippen molar-refractivity contribution >= 4 is 5.97 Å². The number of carboxylic acid groups (broad SMARTS) is 1. The molecule has 3 rings (SSSR count). The van der Waals surface area contributed by atoms with E-state index in [1.165, 1.54) is 36.8 Å². The fraction of sp³-hybridized carbons (Fsp3) is 0.611. The van der Waals surface area contributed by atoms with E-state index in [-0.39, 0.29) is 12.1 Å². The molecule has 5 heteroatoms. The Morgan fingerprint density at radius 1 is 1.48 bits per heavy atom. The van der Waals surface area contributed by atoms with Crippen LogP contribution in [0.1, 0.15) is 39.0 Å². The number of hydrogen-bond acceptors (Lipinski definition) is 4. The molecule has 2 N–H and O–H groups in total. The molecule has 0 aromatic rings. The molecule has 1 spiro atoms. The molecule has 0 amide bonds. The number of aliphatic carboxylic acids is 1. The van der Waals surface area contributed by atoms with E-state index in [4.69, 9.17) is 9.84 Å². The van der Waals surface area contributed by atoms with E-state index in [0.29, 0.717) is 12.5 Å². The Balaban J connectivity index is 1.69. The van der Waals surface area contributed by atoms with Gasteiger partial charge in [0.05, 0.1) is 12.1 Å². The number of hydroxylamine groups is 2. The van der Waals surface area contributed by atoms with Crippen molar-refractivity contribution in [1.29, 1.82) is 0 Å². The number of carbonyl (C=O) groups is 1. The maximum Gasteiger partial charge on any atom is 0.328 e. The van der Waals surface area contributed by atoms with E-state index < -0.39 is 11.6 Å². The summed E-state index contributed by atoms with van der Waals surface area (Å²) >= 11 is 0. The second kappa shape index (κ2) is 6.59. The zero-order chi connectivity index (χ0) is 16.4. The fourth-order valence-corrected chi connectivity index (χ4v) is 4.00. The summed E-state index contributed by atoms with van der Waals surface area (Å²) < 4.78 is 6.09. The lowest BCUT2D eigenvalue weighted by Crippen LogP contribution is -2.50. The highest BCUT2D eigenvalue weighted by Crippen LogP contribution is 2.58. The van der Waals surface area contributed by atoms with Gasteiger partial charge in [-0.2, -0.15) is 5.06 Å². The number of epoxide rings is 1. The summed E-state index contributed by atoms with van der Waals surface area (Å²) in [6, 6.07) is -0.149. The molecule has 126 valence electrons. The van der Waals surface area contributed by atoms with Gasteiger partial charge in [-0.05, 0) is 12.0 Å². The highest BCUT2D eigenvalue weighted by atomic mass is 16.6. The quantitative estimate of drug-likeness (QED) is 0.429. The van der Waals surface area contributed by atoms with Gasteiger partial charge in [-0.1, -0.05) is 56.9 Å². The summed E-state index contributed by atoms with van der Waals surface area (Å²) in [6.07, 6.45) is 14.4. The lowest BCUT2D eigenvalue weighted by atomic mass is 9.81. The molecule has 0 aromatic carbocycles. The number of ether oxygens (including phenoxy) is 1. The van der Waals surface area contributed by atoms with Crippen molar-refractivity contribution in [2.45, 2.75) is 56.8 Å². The third-order valence-electron chi connectivity index (χ3n) is 5.15. The van der Waals surface area contributed by atoms with Gasteiger partial charge in [-0.25, -0.2) is 4.79 Å². The second-order valence-corrected chi connectivity index (χ2v) is 6.69. The molecule has 23 heavy (non-hydrogen) atoms. The van der Waals surface area contributed by atoms with E-state index in [2.05, 4.69) is 6.92 Å². The number of nitrogens with zero attached hydrogens (tertiary/aromatic N) is 1. The zero-order valence-electron chi connectivity index (χ0n) is 13.5. The molecule has 1 aliphatic carbocycles. The minimum Gasteiger partial charge on any atom is -0.478 e. The highest BCUT2D eigenvalue weighted by molar-refractivity contribution is 5.80. The van der Waals surface area contributed by atoms with E-state index in [1.807, 2.05) is 12.2 Å². The van der Waals surface area contributed by atoms with Crippen LogP contribution in [0.2, 0.25) is 0 Å². The van der Waals surface area contributed by atoms with Crippen molar-refractivity contribution in [2.24, 2.45) is 5.92 Å². The van der Waals surface area contributed by atoms with Gasteiger partial charge in [0.15, 0.2) is 0 Å². The molecule has 0 bridgehead atoms. The number of carboxylic acids is 1. The van der Waals surface area contributed by atoms with Crippen molar-refractivity contribution < 1.29 is 19.8 Å². The van der Waals surface area contributed by atoms with Crippen molar-refractivity contribution in [2.75, 3.05) is 6.54 Å². The Kier molecular flexibility index (Phi) is 4.71. The van der Waals surface area contributed by atoms with Crippen molar-refractivity contribution in [3.8, 4) is 0 Å². The smallest absolute Gasteiger partial charge is 0.328 e.